The molecule has 0 aliphatic rings. The minimum Gasteiger partial charge on any atom is -0.434 e. The normalized spacial score (nSPS) is 12.4. The van der Waals surface area contributed by atoms with Gasteiger partial charge in [-0.2, -0.15) is 13.9 Å². The maximum atomic E-state index is 12.8. The number of aromatic nitrogens is 2. The van der Waals surface area contributed by atoms with E-state index in [1.807, 2.05) is 0 Å². The summed E-state index contributed by atoms with van der Waals surface area (Å²) in [6.45, 7) is -2.76. The van der Waals surface area contributed by atoms with Crippen molar-refractivity contribution in [1.29, 1.82) is 0 Å². The Labute approximate surface area is 175 Å². The molecule has 28 heavy (non-hydrogen) atoms. The maximum Gasteiger partial charge on any atom is 0.387 e. The van der Waals surface area contributed by atoms with Gasteiger partial charge in [-0.25, -0.2) is 14.7 Å². The lowest BCUT2D eigenvalue weighted by Crippen LogP contribution is -2.12. The molecule has 0 aliphatic heterocycles. The molecule has 0 aliphatic carbocycles. The highest BCUT2D eigenvalue weighted by Gasteiger charge is 2.27. The van der Waals surface area contributed by atoms with Gasteiger partial charge in [-0.05, 0) is 40.8 Å². The minimum atomic E-state index is -3.13. The summed E-state index contributed by atoms with van der Waals surface area (Å²) < 4.78 is 37.4. The van der Waals surface area contributed by atoms with Crippen molar-refractivity contribution in [1.82, 2.24) is 9.78 Å². The molecular weight excluding hydrogens is 484 g/mol. The molecule has 1 aromatic carbocycles. The van der Waals surface area contributed by atoms with Crippen molar-refractivity contribution in [3.8, 4) is 17.0 Å². The molecule has 0 N–H and O–H groups in total. The third-order valence-corrected chi connectivity index (χ3v) is 6.15. The summed E-state index contributed by atoms with van der Waals surface area (Å²) in [5.41, 5.74) is -0.328. The van der Waals surface area contributed by atoms with E-state index in [9.17, 15) is 18.9 Å². The van der Waals surface area contributed by atoms with Gasteiger partial charge in [0.2, 0.25) is 0 Å². The van der Waals surface area contributed by atoms with E-state index >= 15 is 0 Å². The largest absolute Gasteiger partial charge is 0.434 e. The second-order valence-corrected chi connectivity index (χ2v) is 12.5. The minimum absolute atomic E-state index is 0.0128. The summed E-state index contributed by atoms with van der Waals surface area (Å²) in [5, 5.41) is 15.6. The molecule has 0 unspecified atom stereocenters. The number of hydrogen-bond acceptors (Lipinski definition) is 5. The number of benzene rings is 1. The Hall–Kier alpha value is -1.43. The smallest absolute Gasteiger partial charge is 0.387 e. The fraction of sp³-hybridized carbons (Fsp3) is 0.438. The van der Waals surface area contributed by atoms with Crippen molar-refractivity contribution < 1.29 is 23.2 Å². The number of alkyl halides is 2. The van der Waals surface area contributed by atoms with E-state index < -0.39 is 21.6 Å². The molecule has 0 radical (unpaired) electrons. The van der Waals surface area contributed by atoms with Gasteiger partial charge in [-0.3, -0.25) is 10.1 Å². The number of hydrogen-bond donors (Lipinski definition) is 0. The lowest BCUT2D eigenvalue weighted by atomic mass is 10.1. The Kier molecular flexibility index (Phi) is 7.66. The monoisotopic (exact) mass is 501 g/mol. The lowest BCUT2D eigenvalue weighted by Gasteiger charge is -2.24. The number of halogens is 4. The molecule has 0 bridgehead atoms. The molecule has 0 saturated carbocycles. The number of rotatable bonds is 9. The van der Waals surface area contributed by atoms with Crippen LogP contribution in [-0.2, 0) is 11.5 Å². The van der Waals surface area contributed by atoms with E-state index in [-0.39, 0.29) is 34.4 Å². The average molecular weight is 503 g/mol. The molecular formula is C16H19BrClF2N3O4S. The fourth-order valence-electron chi connectivity index (χ4n) is 2.25. The molecule has 12 heteroatoms. The lowest BCUT2D eigenvalue weighted by molar-refractivity contribution is -0.384. The molecule has 0 amide bonds. The van der Waals surface area contributed by atoms with E-state index in [4.69, 9.17) is 16.3 Å². The number of nitro groups is 1. The SMILES string of the molecule is CS(C)(C)CCOCn1ncc([N+](=O)[O-])c1-c1cc(Br)c(Cl)cc1OC(F)F. The molecule has 7 nitrogen and oxygen atoms in total. The summed E-state index contributed by atoms with van der Waals surface area (Å²) in [6, 6.07) is 2.54. The van der Waals surface area contributed by atoms with Crippen LogP contribution >= 0.6 is 37.6 Å². The van der Waals surface area contributed by atoms with Crippen molar-refractivity contribution in [2.45, 2.75) is 13.3 Å². The van der Waals surface area contributed by atoms with Crippen molar-refractivity contribution in [2.24, 2.45) is 0 Å². The topological polar surface area (TPSA) is 79.4 Å². The third-order valence-electron chi connectivity index (χ3n) is 3.56. The third kappa shape index (κ3) is 6.03. The van der Waals surface area contributed by atoms with Gasteiger partial charge in [-0.15, -0.1) is 0 Å². The van der Waals surface area contributed by atoms with Gasteiger partial charge in [0.05, 0.1) is 22.1 Å². The Balaban J connectivity index is 2.44. The average Bonchev–Trinajstić information content (AvgIpc) is 2.97. The maximum absolute atomic E-state index is 12.8. The molecule has 1 heterocycles. The number of nitrogens with zero attached hydrogens (tertiary/aromatic N) is 3. The summed E-state index contributed by atoms with van der Waals surface area (Å²) >= 11 is 9.17. The van der Waals surface area contributed by atoms with Gasteiger partial charge in [-0.1, -0.05) is 11.6 Å². The Bertz CT molecular complexity index is 861. The first-order chi connectivity index (χ1) is 13.0. The van der Waals surface area contributed by atoms with E-state index in [0.717, 1.165) is 18.0 Å². The second kappa shape index (κ2) is 9.38. The van der Waals surface area contributed by atoms with Gasteiger partial charge in [0.1, 0.15) is 18.7 Å². The van der Waals surface area contributed by atoms with Crippen LogP contribution in [0.15, 0.2) is 22.8 Å². The second-order valence-electron chi connectivity index (χ2n) is 6.61. The van der Waals surface area contributed by atoms with Gasteiger partial charge >= 0.3 is 12.3 Å². The zero-order valence-corrected chi connectivity index (χ0v) is 18.5. The molecule has 1 aromatic heterocycles. The van der Waals surface area contributed by atoms with Crippen LogP contribution in [0.5, 0.6) is 5.75 Å². The fourth-order valence-corrected chi connectivity index (χ4v) is 3.37. The number of ether oxygens (including phenoxy) is 2. The van der Waals surface area contributed by atoms with Crippen LogP contribution in [0.1, 0.15) is 0 Å². The Morgan fingerprint density at radius 1 is 1.39 bits per heavy atom. The molecule has 156 valence electrons. The molecule has 2 aromatic rings. The summed E-state index contributed by atoms with van der Waals surface area (Å²) in [5.74, 6) is 0.546. The van der Waals surface area contributed by atoms with E-state index in [2.05, 4.69) is 44.5 Å². The van der Waals surface area contributed by atoms with Crippen molar-refractivity contribution in [3.05, 3.63) is 37.9 Å². The predicted molar refractivity (Wildman–Crippen MR) is 110 cm³/mol. The molecule has 2 rings (SSSR count). The highest BCUT2D eigenvalue weighted by Crippen LogP contribution is 2.41. The molecule has 0 fully saturated rings. The molecule has 0 spiro atoms. The van der Waals surface area contributed by atoms with Crippen LogP contribution in [0, 0.1) is 10.1 Å². The van der Waals surface area contributed by atoms with Crippen LogP contribution in [0.3, 0.4) is 0 Å². The van der Waals surface area contributed by atoms with E-state index in [1.165, 1.54) is 10.7 Å². The first kappa shape index (κ1) is 22.9. The Morgan fingerprint density at radius 3 is 2.64 bits per heavy atom. The highest BCUT2D eigenvalue weighted by atomic mass is 79.9. The van der Waals surface area contributed by atoms with Crippen LogP contribution < -0.4 is 4.74 Å². The standard InChI is InChI=1S/C16H19BrClF2N3O4S/c1-28(2,3)5-4-26-9-22-15(13(8-21-22)23(24)25)10-6-11(17)12(18)7-14(10)27-16(19)20/h6-8,16H,4-5,9H2,1-3H3. The molecule has 0 saturated heterocycles. The quantitative estimate of drug-likeness (QED) is 0.269. The summed E-state index contributed by atoms with van der Waals surface area (Å²) in [6.07, 6.45) is 7.46. The zero-order chi connectivity index (χ0) is 21.1. The van der Waals surface area contributed by atoms with Crippen molar-refractivity contribution >= 4 is 43.2 Å². The first-order valence-electron chi connectivity index (χ1n) is 7.88. The van der Waals surface area contributed by atoms with E-state index in [0.29, 0.717) is 11.1 Å². The van der Waals surface area contributed by atoms with Crippen LogP contribution in [0.4, 0.5) is 14.5 Å². The van der Waals surface area contributed by atoms with Crippen molar-refractivity contribution in [2.75, 3.05) is 31.1 Å². The van der Waals surface area contributed by atoms with Crippen LogP contribution in [0.25, 0.3) is 11.3 Å². The van der Waals surface area contributed by atoms with Gasteiger partial charge in [0.15, 0.2) is 5.69 Å². The predicted octanol–water partition coefficient (Wildman–Crippen LogP) is 5.14. The van der Waals surface area contributed by atoms with Crippen molar-refractivity contribution in [3.63, 3.8) is 0 Å². The summed E-state index contributed by atoms with van der Waals surface area (Å²) in [4.78, 5) is 10.8. The van der Waals surface area contributed by atoms with Crippen LogP contribution in [-0.4, -0.2) is 52.4 Å². The Morgan fingerprint density at radius 2 is 2.07 bits per heavy atom. The highest BCUT2D eigenvalue weighted by molar-refractivity contribution is 9.10. The van der Waals surface area contributed by atoms with Gasteiger partial charge < -0.3 is 9.47 Å². The van der Waals surface area contributed by atoms with Gasteiger partial charge in [0, 0.05) is 16.3 Å². The van der Waals surface area contributed by atoms with Crippen LogP contribution in [0.2, 0.25) is 5.02 Å². The summed E-state index contributed by atoms with van der Waals surface area (Å²) in [7, 11) is -0.767. The van der Waals surface area contributed by atoms with Gasteiger partial charge in [0.25, 0.3) is 0 Å². The zero-order valence-electron chi connectivity index (χ0n) is 15.3. The van der Waals surface area contributed by atoms with E-state index in [1.54, 1.807) is 0 Å². The first-order valence-corrected chi connectivity index (χ1v) is 12.1. The molecule has 0 atom stereocenters.